The minimum absolute atomic E-state index is 0.244. The second kappa shape index (κ2) is 4.47. The molecule has 2 rings (SSSR count). The van der Waals surface area contributed by atoms with E-state index in [9.17, 15) is 8.78 Å². The van der Waals surface area contributed by atoms with Gasteiger partial charge >= 0.3 is 0 Å². The predicted octanol–water partition coefficient (Wildman–Crippen LogP) is 3.65. The van der Waals surface area contributed by atoms with Crippen molar-refractivity contribution in [1.82, 2.24) is 0 Å². The van der Waals surface area contributed by atoms with Crippen molar-refractivity contribution in [3.05, 3.63) is 29.3 Å². The van der Waals surface area contributed by atoms with Gasteiger partial charge in [-0.1, -0.05) is 15.9 Å². The number of halogens is 3. The quantitative estimate of drug-likeness (QED) is 0.763. The molecule has 0 spiro atoms. The molecule has 82 valence electrons. The molecule has 1 saturated carbocycles. The van der Waals surface area contributed by atoms with Crippen molar-refractivity contribution in [2.45, 2.75) is 18.2 Å². The van der Waals surface area contributed by atoms with Crippen molar-refractivity contribution in [3.63, 3.8) is 0 Å². The molecule has 0 bridgehead atoms. The molecular weight excluding hydrogens is 266 g/mol. The first-order chi connectivity index (χ1) is 7.20. The highest BCUT2D eigenvalue weighted by molar-refractivity contribution is 9.08. The summed E-state index contributed by atoms with van der Waals surface area (Å²) in [6.07, 6.45) is 2.20. The third-order valence-electron chi connectivity index (χ3n) is 2.37. The maximum atomic E-state index is 13.4. The van der Waals surface area contributed by atoms with Crippen LogP contribution in [-0.2, 0) is 5.33 Å². The van der Waals surface area contributed by atoms with Crippen LogP contribution in [0.25, 0.3) is 0 Å². The fourth-order valence-corrected chi connectivity index (χ4v) is 1.64. The minimum Gasteiger partial charge on any atom is -0.487 e. The van der Waals surface area contributed by atoms with Crippen molar-refractivity contribution in [2.75, 3.05) is 6.61 Å². The Labute approximate surface area is 95.6 Å². The van der Waals surface area contributed by atoms with Crippen LogP contribution in [0.15, 0.2) is 12.1 Å². The van der Waals surface area contributed by atoms with Crippen LogP contribution < -0.4 is 4.74 Å². The lowest BCUT2D eigenvalue weighted by Crippen LogP contribution is -2.03. The van der Waals surface area contributed by atoms with Gasteiger partial charge in [0.1, 0.15) is 0 Å². The second-order valence-electron chi connectivity index (χ2n) is 3.78. The minimum atomic E-state index is -0.620. The topological polar surface area (TPSA) is 9.23 Å². The van der Waals surface area contributed by atoms with Crippen LogP contribution in [0.5, 0.6) is 5.75 Å². The van der Waals surface area contributed by atoms with Gasteiger partial charge in [0, 0.05) is 5.33 Å². The highest BCUT2D eigenvalue weighted by atomic mass is 79.9. The maximum absolute atomic E-state index is 13.4. The molecule has 0 amide bonds. The van der Waals surface area contributed by atoms with Gasteiger partial charge in [0.15, 0.2) is 17.4 Å². The van der Waals surface area contributed by atoms with Crippen LogP contribution >= 0.6 is 15.9 Å². The monoisotopic (exact) mass is 276 g/mol. The Morgan fingerprint density at radius 1 is 1.27 bits per heavy atom. The van der Waals surface area contributed by atoms with E-state index in [-0.39, 0.29) is 5.75 Å². The van der Waals surface area contributed by atoms with Gasteiger partial charge in [-0.15, -0.1) is 0 Å². The van der Waals surface area contributed by atoms with Crippen LogP contribution in [0.2, 0.25) is 0 Å². The van der Waals surface area contributed by atoms with E-state index in [1.165, 1.54) is 12.1 Å². The lowest BCUT2D eigenvalue weighted by molar-refractivity contribution is 0.270. The summed E-state index contributed by atoms with van der Waals surface area (Å²) >= 11 is 3.15. The number of hydrogen-bond donors (Lipinski definition) is 0. The van der Waals surface area contributed by atoms with Gasteiger partial charge < -0.3 is 4.74 Å². The number of ether oxygens (including phenoxy) is 1. The Morgan fingerprint density at radius 3 is 2.33 bits per heavy atom. The Balaban J connectivity index is 2.13. The molecule has 0 unspecified atom stereocenters. The summed E-state index contributed by atoms with van der Waals surface area (Å²) in [4.78, 5) is 0. The first kappa shape index (κ1) is 10.9. The lowest BCUT2D eigenvalue weighted by atomic mass is 10.2. The van der Waals surface area contributed by atoms with Crippen molar-refractivity contribution in [2.24, 2.45) is 5.92 Å². The van der Waals surface area contributed by atoms with Crippen molar-refractivity contribution in [1.29, 1.82) is 0 Å². The maximum Gasteiger partial charge on any atom is 0.190 e. The molecule has 0 heterocycles. The number of benzene rings is 1. The lowest BCUT2D eigenvalue weighted by Gasteiger charge is -2.08. The van der Waals surface area contributed by atoms with Crippen molar-refractivity contribution in [3.8, 4) is 5.75 Å². The van der Waals surface area contributed by atoms with E-state index in [0.717, 1.165) is 12.8 Å². The van der Waals surface area contributed by atoms with Crippen LogP contribution in [0.4, 0.5) is 8.78 Å². The van der Waals surface area contributed by atoms with Gasteiger partial charge in [-0.3, -0.25) is 0 Å². The molecule has 1 aliphatic rings. The Hall–Kier alpha value is -0.640. The number of alkyl halides is 1. The summed E-state index contributed by atoms with van der Waals surface area (Å²) in [5.41, 5.74) is 0.573. The van der Waals surface area contributed by atoms with E-state index in [1.54, 1.807) is 0 Å². The van der Waals surface area contributed by atoms with E-state index < -0.39 is 11.6 Å². The fraction of sp³-hybridized carbons (Fsp3) is 0.455. The average molecular weight is 277 g/mol. The van der Waals surface area contributed by atoms with Crippen molar-refractivity contribution < 1.29 is 13.5 Å². The number of rotatable bonds is 4. The summed E-state index contributed by atoms with van der Waals surface area (Å²) in [5, 5.41) is 0.434. The zero-order valence-corrected chi connectivity index (χ0v) is 9.69. The Morgan fingerprint density at radius 2 is 1.87 bits per heavy atom. The summed E-state index contributed by atoms with van der Waals surface area (Å²) in [5.74, 6) is -0.999. The molecule has 1 aromatic carbocycles. The third kappa shape index (κ3) is 2.68. The van der Waals surface area contributed by atoms with Crippen LogP contribution in [0.1, 0.15) is 18.4 Å². The van der Waals surface area contributed by atoms with Crippen LogP contribution in [0.3, 0.4) is 0 Å². The molecule has 1 aromatic rings. The first-order valence-corrected chi connectivity index (χ1v) is 5.99. The van der Waals surface area contributed by atoms with E-state index in [1.807, 2.05) is 0 Å². The zero-order valence-electron chi connectivity index (χ0n) is 8.10. The Bertz CT molecular complexity index is 341. The molecule has 1 fully saturated rings. The van der Waals surface area contributed by atoms with Crippen LogP contribution in [-0.4, -0.2) is 6.61 Å². The largest absolute Gasteiger partial charge is 0.487 e. The zero-order chi connectivity index (χ0) is 10.8. The SMILES string of the molecule is Fc1cc(CBr)cc(F)c1OCC1CC1. The highest BCUT2D eigenvalue weighted by Crippen LogP contribution is 2.31. The first-order valence-electron chi connectivity index (χ1n) is 4.87. The van der Waals surface area contributed by atoms with Gasteiger partial charge in [-0.05, 0) is 36.5 Å². The highest BCUT2D eigenvalue weighted by Gasteiger charge is 2.23. The predicted molar refractivity (Wildman–Crippen MR) is 57.2 cm³/mol. The second-order valence-corrected chi connectivity index (χ2v) is 4.34. The summed E-state index contributed by atoms with van der Waals surface area (Å²) in [7, 11) is 0. The molecule has 0 N–H and O–H groups in total. The molecule has 0 saturated heterocycles. The standard InChI is InChI=1S/C11H11BrF2O/c12-5-8-3-9(13)11(10(14)4-8)15-6-7-1-2-7/h3-4,7H,1-2,5-6H2. The van der Waals surface area contributed by atoms with Crippen molar-refractivity contribution >= 4 is 15.9 Å². The summed E-state index contributed by atoms with van der Waals surface area (Å²) < 4.78 is 31.9. The summed E-state index contributed by atoms with van der Waals surface area (Å²) in [6, 6.07) is 2.58. The van der Waals surface area contributed by atoms with E-state index in [0.29, 0.717) is 23.4 Å². The van der Waals surface area contributed by atoms with E-state index >= 15 is 0 Å². The van der Waals surface area contributed by atoms with E-state index in [2.05, 4.69) is 15.9 Å². The Kier molecular flexibility index (Phi) is 3.24. The van der Waals surface area contributed by atoms with Gasteiger partial charge in [0.2, 0.25) is 0 Å². The molecule has 0 aliphatic heterocycles. The normalized spacial score (nSPS) is 15.4. The number of hydrogen-bond acceptors (Lipinski definition) is 1. The van der Waals surface area contributed by atoms with Crippen LogP contribution in [0, 0.1) is 17.6 Å². The van der Waals surface area contributed by atoms with Gasteiger partial charge in [-0.25, -0.2) is 8.78 Å². The van der Waals surface area contributed by atoms with Gasteiger partial charge in [-0.2, -0.15) is 0 Å². The molecule has 4 heteroatoms. The van der Waals surface area contributed by atoms with E-state index in [4.69, 9.17) is 4.74 Å². The molecule has 1 aliphatic carbocycles. The molecule has 0 aromatic heterocycles. The fourth-order valence-electron chi connectivity index (χ4n) is 1.31. The molecule has 0 atom stereocenters. The average Bonchev–Trinajstić information content (AvgIpc) is 3.00. The molecule has 0 radical (unpaired) electrons. The third-order valence-corrected chi connectivity index (χ3v) is 3.02. The summed E-state index contributed by atoms with van der Waals surface area (Å²) in [6.45, 7) is 0.418. The molecular formula is C11H11BrF2O. The van der Waals surface area contributed by atoms with Gasteiger partial charge in [0.05, 0.1) is 6.61 Å². The molecule has 15 heavy (non-hydrogen) atoms. The molecule has 1 nitrogen and oxygen atoms in total. The van der Waals surface area contributed by atoms with Gasteiger partial charge in [0.25, 0.3) is 0 Å². The smallest absolute Gasteiger partial charge is 0.190 e.